The highest BCUT2D eigenvalue weighted by molar-refractivity contribution is 5.76. The number of carbonyl (C=O) groups excluding carboxylic acids is 2. The fourth-order valence-corrected chi connectivity index (χ4v) is 2.50. The number of carbonyl (C=O) groups is 2. The van der Waals surface area contributed by atoms with Gasteiger partial charge < -0.3 is 15.8 Å². The van der Waals surface area contributed by atoms with Gasteiger partial charge in [0.25, 0.3) is 5.91 Å². The summed E-state index contributed by atoms with van der Waals surface area (Å²) in [5.41, 5.74) is 7.26. The molecule has 0 spiro atoms. The zero-order valence-electron chi connectivity index (χ0n) is 14.4. The van der Waals surface area contributed by atoms with Crippen LogP contribution in [-0.4, -0.2) is 18.4 Å². The van der Waals surface area contributed by atoms with E-state index in [0.717, 1.165) is 18.4 Å². The number of ether oxygens (including phenoxy) is 1. The Morgan fingerprint density at radius 1 is 1.08 bits per heavy atom. The first-order chi connectivity index (χ1) is 12.0. The molecule has 3 N–H and O–H groups in total. The van der Waals surface area contributed by atoms with Crippen LogP contribution in [0.2, 0.25) is 0 Å². The molecule has 0 saturated carbocycles. The van der Waals surface area contributed by atoms with Crippen molar-refractivity contribution in [2.75, 3.05) is 6.61 Å². The highest BCUT2D eigenvalue weighted by Gasteiger charge is 2.10. The van der Waals surface area contributed by atoms with Crippen LogP contribution in [-0.2, 0) is 16.0 Å². The maximum Gasteiger partial charge on any atom is 0.255 e. The van der Waals surface area contributed by atoms with Gasteiger partial charge in [0.2, 0.25) is 5.91 Å². The quantitative estimate of drug-likeness (QED) is 0.736. The van der Waals surface area contributed by atoms with Gasteiger partial charge in [-0.2, -0.15) is 0 Å². The van der Waals surface area contributed by atoms with Gasteiger partial charge in [0, 0.05) is 6.42 Å². The van der Waals surface area contributed by atoms with Gasteiger partial charge in [-0.1, -0.05) is 42.5 Å². The Balaban J connectivity index is 1.75. The number of rotatable bonds is 9. The molecule has 0 bridgehead atoms. The third kappa shape index (κ3) is 6.67. The minimum Gasteiger partial charge on any atom is -0.484 e. The Bertz CT molecular complexity index is 684. The van der Waals surface area contributed by atoms with Crippen LogP contribution >= 0.6 is 0 Å². The molecule has 0 aliphatic heterocycles. The van der Waals surface area contributed by atoms with Crippen LogP contribution in [0.1, 0.15) is 36.9 Å². The monoisotopic (exact) mass is 340 g/mol. The molecule has 2 aromatic carbocycles. The zero-order chi connectivity index (χ0) is 18.1. The third-order valence-electron chi connectivity index (χ3n) is 3.85. The lowest BCUT2D eigenvalue weighted by Crippen LogP contribution is -2.26. The van der Waals surface area contributed by atoms with E-state index in [2.05, 4.69) is 17.4 Å². The molecule has 5 nitrogen and oxygen atoms in total. The number of aryl methyl sites for hydroxylation is 1. The summed E-state index contributed by atoms with van der Waals surface area (Å²) < 4.78 is 5.22. The summed E-state index contributed by atoms with van der Waals surface area (Å²) in [5.74, 6) is 0.0987. The lowest BCUT2D eigenvalue weighted by Gasteiger charge is -2.15. The van der Waals surface area contributed by atoms with Gasteiger partial charge in [-0.25, -0.2) is 0 Å². The van der Waals surface area contributed by atoms with Gasteiger partial charge in [-0.05, 0) is 43.0 Å². The first kappa shape index (κ1) is 18.5. The normalized spacial score (nSPS) is 11.6. The van der Waals surface area contributed by atoms with Gasteiger partial charge >= 0.3 is 0 Å². The van der Waals surface area contributed by atoms with Crippen molar-refractivity contribution in [1.29, 1.82) is 0 Å². The summed E-state index contributed by atoms with van der Waals surface area (Å²) in [6.45, 7) is 1.79. The summed E-state index contributed by atoms with van der Waals surface area (Å²) in [6.07, 6.45) is 2.22. The van der Waals surface area contributed by atoms with Crippen LogP contribution in [0.3, 0.4) is 0 Å². The molecule has 2 amide bonds. The molecule has 0 heterocycles. The summed E-state index contributed by atoms with van der Waals surface area (Å²) in [6, 6.07) is 17.3. The maximum absolute atomic E-state index is 12.1. The second-order valence-electron chi connectivity index (χ2n) is 5.95. The van der Waals surface area contributed by atoms with Crippen LogP contribution in [0.4, 0.5) is 0 Å². The first-order valence-corrected chi connectivity index (χ1v) is 8.39. The van der Waals surface area contributed by atoms with Crippen molar-refractivity contribution < 1.29 is 14.3 Å². The highest BCUT2D eigenvalue weighted by Crippen LogP contribution is 2.18. The van der Waals surface area contributed by atoms with Crippen molar-refractivity contribution in [3.63, 3.8) is 0 Å². The van der Waals surface area contributed by atoms with E-state index in [9.17, 15) is 9.59 Å². The first-order valence-electron chi connectivity index (χ1n) is 8.39. The van der Waals surface area contributed by atoms with Crippen LogP contribution < -0.4 is 15.8 Å². The Labute approximate surface area is 148 Å². The predicted octanol–water partition coefficient (Wildman–Crippen LogP) is 2.75. The van der Waals surface area contributed by atoms with E-state index in [4.69, 9.17) is 10.5 Å². The number of hydrogen-bond donors (Lipinski definition) is 2. The van der Waals surface area contributed by atoms with E-state index in [0.29, 0.717) is 12.2 Å². The molecular formula is C20H24N2O3. The SMILES string of the molecule is C[C@@H](NC(=O)CCCc1ccccc1)c1ccc(OCC(N)=O)cc1. The molecule has 132 valence electrons. The lowest BCUT2D eigenvalue weighted by molar-refractivity contribution is -0.122. The number of amides is 2. The molecule has 0 fully saturated rings. The van der Waals surface area contributed by atoms with E-state index >= 15 is 0 Å². The van der Waals surface area contributed by atoms with Crippen molar-refractivity contribution in [3.8, 4) is 5.75 Å². The molecule has 0 saturated heterocycles. The Kier molecular flexibility index (Phi) is 7.01. The molecule has 1 atom stereocenters. The highest BCUT2D eigenvalue weighted by atomic mass is 16.5. The zero-order valence-corrected chi connectivity index (χ0v) is 14.4. The topological polar surface area (TPSA) is 81.4 Å². The summed E-state index contributed by atoms with van der Waals surface area (Å²) in [5, 5.41) is 3.00. The standard InChI is InChI=1S/C20H24N2O3/c1-15(17-10-12-18(13-11-17)25-14-19(21)23)22-20(24)9-5-8-16-6-3-2-4-7-16/h2-4,6-7,10-13,15H,5,8-9,14H2,1H3,(H2,21,23)(H,22,24)/t15-/m1/s1. The molecular weight excluding hydrogens is 316 g/mol. The average molecular weight is 340 g/mol. The fourth-order valence-electron chi connectivity index (χ4n) is 2.50. The number of benzene rings is 2. The number of nitrogens with two attached hydrogens (primary N) is 1. The molecule has 0 unspecified atom stereocenters. The predicted molar refractivity (Wildman–Crippen MR) is 97.1 cm³/mol. The number of nitrogens with one attached hydrogen (secondary N) is 1. The van der Waals surface area contributed by atoms with E-state index in [1.54, 1.807) is 12.1 Å². The molecule has 2 aromatic rings. The molecule has 25 heavy (non-hydrogen) atoms. The largest absolute Gasteiger partial charge is 0.484 e. The van der Waals surface area contributed by atoms with Crippen molar-refractivity contribution in [3.05, 3.63) is 65.7 Å². The van der Waals surface area contributed by atoms with Gasteiger partial charge in [0.05, 0.1) is 6.04 Å². The van der Waals surface area contributed by atoms with Crippen LogP contribution in [0.25, 0.3) is 0 Å². The van der Waals surface area contributed by atoms with Crippen LogP contribution in [0.5, 0.6) is 5.75 Å². The van der Waals surface area contributed by atoms with Crippen molar-refractivity contribution in [2.45, 2.75) is 32.2 Å². The maximum atomic E-state index is 12.1. The fraction of sp³-hybridized carbons (Fsp3) is 0.300. The minimum absolute atomic E-state index is 0.0393. The van der Waals surface area contributed by atoms with Crippen LogP contribution in [0.15, 0.2) is 54.6 Å². The molecule has 2 rings (SSSR count). The van der Waals surface area contributed by atoms with Gasteiger partial charge in [-0.15, -0.1) is 0 Å². The molecule has 0 radical (unpaired) electrons. The second kappa shape index (κ2) is 9.47. The summed E-state index contributed by atoms with van der Waals surface area (Å²) >= 11 is 0. The van der Waals surface area contributed by atoms with Crippen molar-refractivity contribution in [1.82, 2.24) is 5.32 Å². The molecule has 5 heteroatoms. The van der Waals surface area contributed by atoms with E-state index in [-0.39, 0.29) is 18.6 Å². The van der Waals surface area contributed by atoms with Crippen LogP contribution in [0, 0.1) is 0 Å². The molecule has 0 aliphatic rings. The Morgan fingerprint density at radius 3 is 2.40 bits per heavy atom. The van der Waals surface area contributed by atoms with Gasteiger partial charge in [0.15, 0.2) is 6.61 Å². The number of primary amides is 1. The molecule has 0 aromatic heterocycles. The van der Waals surface area contributed by atoms with E-state index < -0.39 is 5.91 Å². The summed E-state index contributed by atoms with van der Waals surface area (Å²) in [4.78, 5) is 22.8. The van der Waals surface area contributed by atoms with Crippen molar-refractivity contribution in [2.24, 2.45) is 5.73 Å². The van der Waals surface area contributed by atoms with Gasteiger partial charge in [-0.3, -0.25) is 9.59 Å². The second-order valence-corrected chi connectivity index (χ2v) is 5.95. The average Bonchev–Trinajstić information content (AvgIpc) is 2.61. The Morgan fingerprint density at radius 2 is 1.76 bits per heavy atom. The van der Waals surface area contributed by atoms with E-state index in [1.165, 1.54) is 5.56 Å². The van der Waals surface area contributed by atoms with E-state index in [1.807, 2.05) is 37.3 Å². The Hall–Kier alpha value is -2.82. The number of hydrogen-bond acceptors (Lipinski definition) is 3. The lowest BCUT2D eigenvalue weighted by atomic mass is 10.1. The van der Waals surface area contributed by atoms with Crippen molar-refractivity contribution >= 4 is 11.8 Å². The van der Waals surface area contributed by atoms with Gasteiger partial charge in [0.1, 0.15) is 5.75 Å². The summed E-state index contributed by atoms with van der Waals surface area (Å²) in [7, 11) is 0. The molecule has 0 aliphatic carbocycles. The smallest absolute Gasteiger partial charge is 0.255 e. The third-order valence-corrected chi connectivity index (χ3v) is 3.85. The minimum atomic E-state index is -0.514.